The Morgan fingerprint density at radius 3 is 2.65 bits per heavy atom. The number of benzene rings is 1. The van der Waals surface area contributed by atoms with E-state index in [1.165, 1.54) is 0 Å². The van der Waals surface area contributed by atoms with Crippen molar-refractivity contribution in [1.82, 2.24) is 39.9 Å². The summed E-state index contributed by atoms with van der Waals surface area (Å²) in [4.78, 5) is 34.6. The topological polar surface area (TPSA) is 173 Å². The maximum absolute atomic E-state index is 12.2. The molecule has 1 atom stereocenters. The third-order valence-corrected chi connectivity index (χ3v) is 6.20. The molecule has 0 saturated carbocycles. The van der Waals surface area contributed by atoms with Crippen molar-refractivity contribution in [2.75, 3.05) is 17.2 Å². The molecule has 0 bridgehead atoms. The molecule has 6 aromatic rings. The fourth-order valence-electron chi connectivity index (χ4n) is 4.21. The van der Waals surface area contributed by atoms with E-state index in [0.29, 0.717) is 46.3 Å². The second kappa shape index (κ2) is 10.7. The van der Waals surface area contributed by atoms with Gasteiger partial charge in [-0.2, -0.15) is 9.97 Å². The van der Waals surface area contributed by atoms with Gasteiger partial charge in [-0.15, -0.1) is 0 Å². The van der Waals surface area contributed by atoms with Gasteiger partial charge < -0.3 is 20.3 Å². The lowest BCUT2D eigenvalue weighted by Gasteiger charge is -2.19. The third kappa shape index (κ3) is 4.88. The number of aromatic amines is 1. The van der Waals surface area contributed by atoms with Crippen molar-refractivity contribution in [2.45, 2.75) is 19.5 Å². The summed E-state index contributed by atoms with van der Waals surface area (Å²) in [5.41, 5.74) is 2.17. The molecule has 0 aliphatic carbocycles. The first-order valence-electron chi connectivity index (χ1n) is 12.5. The van der Waals surface area contributed by atoms with Crippen LogP contribution in [0.25, 0.3) is 34.0 Å². The minimum absolute atomic E-state index is 0.179. The maximum Gasteiger partial charge on any atom is 0.273 e. The summed E-state index contributed by atoms with van der Waals surface area (Å²) in [5.74, 6) is 1.53. The highest BCUT2D eigenvalue weighted by Crippen LogP contribution is 2.30. The summed E-state index contributed by atoms with van der Waals surface area (Å²) in [6, 6.07) is 17.8. The van der Waals surface area contributed by atoms with Crippen LogP contribution >= 0.6 is 0 Å². The Kier molecular flexibility index (Phi) is 6.68. The van der Waals surface area contributed by atoms with Gasteiger partial charge in [0.05, 0.1) is 18.0 Å². The fourth-order valence-corrected chi connectivity index (χ4v) is 4.21. The molecule has 5 heterocycles. The van der Waals surface area contributed by atoms with Gasteiger partial charge in [0.25, 0.3) is 11.4 Å². The van der Waals surface area contributed by atoms with Crippen molar-refractivity contribution in [1.29, 1.82) is 0 Å². The lowest BCUT2D eigenvalue weighted by atomic mass is 10.1. The van der Waals surface area contributed by atoms with Crippen molar-refractivity contribution >= 4 is 28.6 Å². The summed E-state index contributed by atoms with van der Waals surface area (Å²) in [6.45, 7) is 2.28. The van der Waals surface area contributed by atoms with Crippen LogP contribution in [-0.2, 0) is 6.54 Å². The first kappa shape index (κ1) is 24.9. The maximum atomic E-state index is 12.2. The number of nitrogens with zero attached hydrogens (tertiary/aromatic N) is 7. The van der Waals surface area contributed by atoms with Gasteiger partial charge in [0, 0.05) is 18.9 Å². The van der Waals surface area contributed by atoms with E-state index < -0.39 is 6.04 Å². The second-order valence-electron chi connectivity index (χ2n) is 8.76. The van der Waals surface area contributed by atoms with Gasteiger partial charge in [-0.3, -0.25) is 19.6 Å². The van der Waals surface area contributed by atoms with Crippen LogP contribution < -0.4 is 16.2 Å². The molecule has 40 heavy (non-hydrogen) atoms. The number of anilines is 3. The Morgan fingerprint density at radius 2 is 1.88 bits per heavy atom. The van der Waals surface area contributed by atoms with Crippen LogP contribution in [0.3, 0.4) is 0 Å². The first-order valence-corrected chi connectivity index (χ1v) is 12.5. The van der Waals surface area contributed by atoms with Crippen LogP contribution in [-0.4, -0.2) is 51.6 Å². The summed E-state index contributed by atoms with van der Waals surface area (Å²) >= 11 is 0. The smallest absolute Gasteiger partial charge is 0.273 e. The second-order valence-corrected chi connectivity index (χ2v) is 8.76. The molecule has 5 aromatic heterocycles. The van der Waals surface area contributed by atoms with E-state index >= 15 is 0 Å². The molecule has 4 N–H and O–H groups in total. The van der Waals surface area contributed by atoms with Gasteiger partial charge in [0.2, 0.25) is 11.8 Å². The molecule has 0 saturated heterocycles. The molecule has 0 aliphatic heterocycles. The van der Waals surface area contributed by atoms with Gasteiger partial charge >= 0.3 is 0 Å². The first-order chi connectivity index (χ1) is 19.6. The van der Waals surface area contributed by atoms with Crippen LogP contribution in [0.5, 0.6) is 0 Å². The molecule has 6 rings (SSSR count). The van der Waals surface area contributed by atoms with Crippen LogP contribution in [0.1, 0.15) is 18.5 Å². The zero-order valence-corrected chi connectivity index (χ0v) is 21.3. The van der Waals surface area contributed by atoms with Crippen molar-refractivity contribution in [3.63, 3.8) is 0 Å². The Labute approximate surface area is 227 Å². The van der Waals surface area contributed by atoms with E-state index in [2.05, 4.69) is 45.8 Å². The highest BCUT2D eigenvalue weighted by molar-refractivity contribution is 5.77. The highest BCUT2D eigenvalue weighted by Gasteiger charge is 2.21. The van der Waals surface area contributed by atoms with E-state index in [9.17, 15) is 9.90 Å². The largest absolute Gasteiger partial charge is 0.394 e. The number of nitrogens with one attached hydrogen (secondary N) is 3. The minimum Gasteiger partial charge on any atom is -0.394 e. The number of aryl methyl sites for hydroxylation is 1. The molecular weight excluding hydrogens is 512 g/mol. The van der Waals surface area contributed by atoms with E-state index in [0.717, 1.165) is 5.56 Å². The fraction of sp³-hybridized carbons (Fsp3) is 0.148. The van der Waals surface area contributed by atoms with Crippen LogP contribution in [0.4, 0.5) is 17.6 Å². The molecule has 0 aliphatic rings. The summed E-state index contributed by atoms with van der Waals surface area (Å²) < 4.78 is 7.22. The summed E-state index contributed by atoms with van der Waals surface area (Å²) in [5, 5.41) is 23.9. The van der Waals surface area contributed by atoms with Gasteiger partial charge in [0.15, 0.2) is 5.65 Å². The Morgan fingerprint density at radius 1 is 1.02 bits per heavy atom. The Bertz CT molecular complexity index is 1820. The molecule has 13 heteroatoms. The molecule has 200 valence electrons. The van der Waals surface area contributed by atoms with Crippen LogP contribution in [0.2, 0.25) is 0 Å². The number of rotatable bonds is 9. The number of hydrogen-bond donors (Lipinski definition) is 4. The van der Waals surface area contributed by atoms with Crippen molar-refractivity contribution in [2.24, 2.45) is 0 Å². The lowest BCUT2D eigenvalue weighted by molar-refractivity contribution is 0.276. The average molecular weight is 537 g/mol. The molecule has 0 unspecified atom stereocenters. The molecule has 1 aromatic carbocycles. The summed E-state index contributed by atoms with van der Waals surface area (Å²) in [6.07, 6.45) is 3.19. The molecule has 0 amide bonds. The monoisotopic (exact) mass is 536 g/mol. The molecule has 0 fully saturated rings. The van der Waals surface area contributed by atoms with Gasteiger partial charge in [-0.25, -0.2) is 9.97 Å². The molecule has 0 radical (unpaired) electrons. The standard InChI is InChI=1S/C27H24N10O3/c1-2-37-24-17(25(39)35-37)11-12-21(31-24)32-27-29-14-18(26-33-23(36-40-26)19-10-6-7-13-28-19)22(34-27)30-20(15-38)16-8-4-3-5-9-16/h3-14,20,38H,2,15H2,1H3,(H,35,39)(H2,29,30,31,32,34)/t20-/m1/s1. The van der Waals surface area contributed by atoms with E-state index in [1.54, 1.807) is 41.3 Å². The Balaban J connectivity index is 1.38. The predicted molar refractivity (Wildman–Crippen MR) is 148 cm³/mol. The van der Waals surface area contributed by atoms with Crippen molar-refractivity contribution in [3.05, 3.63) is 89.0 Å². The highest BCUT2D eigenvalue weighted by atomic mass is 16.5. The lowest BCUT2D eigenvalue weighted by Crippen LogP contribution is -2.17. The van der Waals surface area contributed by atoms with Crippen molar-refractivity contribution < 1.29 is 9.63 Å². The van der Waals surface area contributed by atoms with E-state index in [1.807, 2.05) is 43.3 Å². The number of fused-ring (bicyclic) bond motifs is 1. The number of hydrogen-bond acceptors (Lipinski definition) is 11. The van der Waals surface area contributed by atoms with Crippen LogP contribution in [0.15, 0.2) is 82.4 Å². The normalized spacial score (nSPS) is 11.9. The average Bonchev–Trinajstić information content (AvgIpc) is 3.61. The predicted octanol–water partition coefficient (Wildman–Crippen LogP) is 3.54. The number of aromatic nitrogens is 8. The van der Waals surface area contributed by atoms with E-state index in [4.69, 9.17) is 4.52 Å². The quantitative estimate of drug-likeness (QED) is 0.213. The van der Waals surface area contributed by atoms with Gasteiger partial charge in [0.1, 0.15) is 22.9 Å². The molecular formula is C27H24N10O3. The van der Waals surface area contributed by atoms with Gasteiger partial charge in [-0.05, 0) is 36.8 Å². The zero-order chi connectivity index (χ0) is 27.5. The SMILES string of the molecule is CCn1[nH]c(=O)c2ccc(Nc3ncc(-c4nc(-c5ccccn5)no4)c(N[C@H](CO)c4ccccc4)n3)nc21. The molecule has 0 spiro atoms. The van der Waals surface area contributed by atoms with Crippen molar-refractivity contribution in [3.8, 4) is 23.0 Å². The number of aliphatic hydroxyl groups is 1. The zero-order valence-electron chi connectivity index (χ0n) is 21.3. The molecule has 13 nitrogen and oxygen atoms in total. The number of pyridine rings is 2. The van der Waals surface area contributed by atoms with Crippen LogP contribution in [0, 0.1) is 0 Å². The third-order valence-electron chi connectivity index (χ3n) is 6.20. The Hall–Kier alpha value is -5.43. The number of aliphatic hydroxyl groups excluding tert-OH is 1. The van der Waals surface area contributed by atoms with E-state index in [-0.39, 0.29) is 24.0 Å². The van der Waals surface area contributed by atoms with Gasteiger partial charge in [-0.1, -0.05) is 41.6 Å². The summed E-state index contributed by atoms with van der Waals surface area (Å²) in [7, 11) is 0. The number of H-pyrrole nitrogens is 1. The minimum atomic E-state index is -0.478.